The SMILES string of the molecule is N#CCCN(CC1CC1)S(=O)(=O)c1ccccc1Cl. The topological polar surface area (TPSA) is 61.2 Å². The fourth-order valence-electron chi connectivity index (χ4n) is 1.87. The molecule has 1 aliphatic rings. The van der Waals surface area contributed by atoms with Crippen LogP contribution in [0.25, 0.3) is 0 Å². The van der Waals surface area contributed by atoms with E-state index in [1.165, 1.54) is 10.4 Å². The number of nitriles is 1. The van der Waals surface area contributed by atoms with E-state index in [9.17, 15) is 8.42 Å². The molecule has 2 rings (SSSR count). The van der Waals surface area contributed by atoms with Crippen molar-refractivity contribution in [2.75, 3.05) is 13.1 Å². The zero-order valence-corrected chi connectivity index (χ0v) is 12.0. The molecule has 4 nitrogen and oxygen atoms in total. The molecule has 0 atom stereocenters. The quantitative estimate of drug-likeness (QED) is 0.811. The molecule has 0 aliphatic heterocycles. The molecule has 0 heterocycles. The highest BCUT2D eigenvalue weighted by atomic mass is 35.5. The van der Waals surface area contributed by atoms with Gasteiger partial charge in [-0.25, -0.2) is 8.42 Å². The first-order chi connectivity index (χ1) is 9.05. The Labute approximate surface area is 118 Å². The number of hydrogen-bond acceptors (Lipinski definition) is 3. The van der Waals surface area contributed by atoms with Gasteiger partial charge in [0.2, 0.25) is 10.0 Å². The van der Waals surface area contributed by atoms with Gasteiger partial charge in [0.25, 0.3) is 0 Å². The van der Waals surface area contributed by atoms with Gasteiger partial charge in [0.05, 0.1) is 11.1 Å². The third-order valence-electron chi connectivity index (χ3n) is 3.09. The van der Waals surface area contributed by atoms with Gasteiger partial charge in [-0.1, -0.05) is 23.7 Å². The standard InChI is InChI=1S/C13H15ClN2O2S/c14-12-4-1-2-5-13(12)19(17,18)16(9-3-8-15)10-11-6-7-11/h1-2,4-5,11H,3,6-7,9-10H2. The molecule has 0 amide bonds. The maximum Gasteiger partial charge on any atom is 0.244 e. The van der Waals surface area contributed by atoms with Crippen LogP contribution in [-0.4, -0.2) is 25.8 Å². The Hall–Kier alpha value is -1.09. The Bertz CT molecular complexity index is 591. The number of rotatable bonds is 6. The molecule has 19 heavy (non-hydrogen) atoms. The fourth-order valence-corrected chi connectivity index (χ4v) is 3.88. The molecule has 102 valence electrons. The molecule has 0 aromatic heterocycles. The predicted molar refractivity (Wildman–Crippen MR) is 73.2 cm³/mol. The molecule has 0 spiro atoms. The van der Waals surface area contributed by atoms with Crippen molar-refractivity contribution in [2.24, 2.45) is 5.92 Å². The molecule has 0 N–H and O–H groups in total. The van der Waals surface area contributed by atoms with E-state index in [1.54, 1.807) is 18.2 Å². The van der Waals surface area contributed by atoms with Gasteiger partial charge in [0.1, 0.15) is 4.90 Å². The van der Waals surface area contributed by atoms with E-state index in [0.29, 0.717) is 12.5 Å². The molecule has 0 saturated heterocycles. The Kier molecular flexibility index (Phi) is 4.46. The van der Waals surface area contributed by atoms with Crippen LogP contribution in [0.2, 0.25) is 5.02 Å². The van der Waals surface area contributed by atoms with Gasteiger partial charge in [-0.05, 0) is 30.9 Å². The second-order valence-electron chi connectivity index (χ2n) is 4.64. The zero-order valence-electron chi connectivity index (χ0n) is 10.4. The van der Waals surface area contributed by atoms with Crippen LogP contribution in [0.3, 0.4) is 0 Å². The summed E-state index contributed by atoms with van der Waals surface area (Å²) in [7, 11) is -3.61. The first-order valence-corrected chi connectivity index (χ1v) is 7.99. The van der Waals surface area contributed by atoms with E-state index in [-0.39, 0.29) is 22.9 Å². The van der Waals surface area contributed by atoms with E-state index in [0.717, 1.165) is 12.8 Å². The van der Waals surface area contributed by atoms with Gasteiger partial charge in [0, 0.05) is 19.5 Å². The lowest BCUT2D eigenvalue weighted by molar-refractivity contribution is 0.402. The maximum atomic E-state index is 12.6. The minimum Gasteiger partial charge on any atom is -0.207 e. The van der Waals surface area contributed by atoms with Crippen molar-refractivity contribution in [3.8, 4) is 6.07 Å². The van der Waals surface area contributed by atoms with Gasteiger partial charge in [-0.3, -0.25) is 0 Å². The van der Waals surface area contributed by atoms with Crippen molar-refractivity contribution in [3.63, 3.8) is 0 Å². The van der Waals surface area contributed by atoms with Crippen LogP contribution in [0.15, 0.2) is 29.2 Å². The summed E-state index contributed by atoms with van der Waals surface area (Å²) >= 11 is 5.97. The summed E-state index contributed by atoms with van der Waals surface area (Å²) in [5.74, 6) is 0.427. The molecule has 1 aromatic rings. The summed E-state index contributed by atoms with van der Waals surface area (Å²) in [6.45, 7) is 0.704. The van der Waals surface area contributed by atoms with Gasteiger partial charge in [-0.15, -0.1) is 0 Å². The monoisotopic (exact) mass is 298 g/mol. The Morgan fingerprint density at radius 3 is 2.63 bits per heavy atom. The highest BCUT2D eigenvalue weighted by Gasteiger charge is 2.32. The Balaban J connectivity index is 2.27. The third-order valence-corrected chi connectivity index (χ3v) is 5.45. The summed E-state index contributed by atoms with van der Waals surface area (Å²) in [5.41, 5.74) is 0. The highest BCUT2D eigenvalue weighted by molar-refractivity contribution is 7.89. The molecule has 0 bridgehead atoms. The van der Waals surface area contributed by atoms with Crippen molar-refractivity contribution in [2.45, 2.75) is 24.2 Å². The first kappa shape index (κ1) is 14.3. The number of hydrogen-bond donors (Lipinski definition) is 0. The molecule has 1 fully saturated rings. The average molecular weight is 299 g/mol. The second-order valence-corrected chi connectivity index (χ2v) is 6.96. The summed E-state index contributed by atoms with van der Waals surface area (Å²) in [6, 6.07) is 8.41. The molecule has 1 saturated carbocycles. The third kappa shape index (κ3) is 3.47. The smallest absolute Gasteiger partial charge is 0.207 e. The molecule has 0 radical (unpaired) electrons. The lowest BCUT2D eigenvalue weighted by atomic mass is 10.4. The van der Waals surface area contributed by atoms with Crippen molar-refractivity contribution in [3.05, 3.63) is 29.3 Å². The maximum absolute atomic E-state index is 12.6. The molecular formula is C13H15ClN2O2S. The Morgan fingerprint density at radius 1 is 1.37 bits per heavy atom. The normalized spacial score (nSPS) is 15.4. The number of sulfonamides is 1. The van der Waals surface area contributed by atoms with E-state index < -0.39 is 10.0 Å². The highest BCUT2D eigenvalue weighted by Crippen LogP contribution is 2.32. The van der Waals surface area contributed by atoms with E-state index in [4.69, 9.17) is 16.9 Å². The lowest BCUT2D eigenvalue weighted by Crippen LogP contribution is -2.34. The molecule has 0 unspecified atom stereocenters. The number of nitrogens with zero attached hydrogens (tertiary/aromatic N) is 2. The van der Waals surface area contributed by atoms with Crippen LogP contribution in [0, 0.1) is 17.2 Å². The molecular weight excluding hydrogens is 284 g/mol. The number of benzene rings is 1. The molecule has 1 aromatic carbocycles. The molecule has 6 heteroatoms. The van der Waals surface area contributed by atoms with Gasteiger partial charge in [0.15, 0.2) is 0 Å². The van der Waals surface area contributed by atoms with Crippen LogP contribution in [0.4, 0.5) is 0 Å². The van der Waals surface area contributed by atoms with E-state index >= 15 is 0 Å². The summed E-state index contributed by atoms with van der Waals surface area (Å²) in [5, 5.41) is 8.88. The van der Waals surface area contributed by atoms with Gasteiger partial charge >= 0.3 is 0 Å². The first-order valence-electron chi connectivity index (χ1n) is 6.17. The largest absolute Gasteiger partial charge is 0.244 e. The summed E-state index contributed by atoms with van der Waals surface area (Å²) < 4.78 is 26.5. The Morgan fingerprint density at radius 2 is 2.05 bits per heavy atom. The van der Waals surface area contributed by atoms with Crippen molar-refractivity contribution < 1.29 is 8.42 Å². The van der Waals surface area contributed by atoms with Crippen molar-refractivity contribution in [1.82, 2.24) is 4.31 Å². The van der Waals surface area contributed by atoms with Crippen LogP contribution in [0.5, 0.6) is 0 Å². The molecule has 1 aliphatic carbocycles. The average Bonchev–Trinajstić information content (AvgIpc) is 3.18. The fraction of sp³-hybridized carbons (Fsp3) is 0.462. The second kappa shape index (κ2) is 5.91. The lowest BCUT2D eigenvalue weighted by Gasteiger charge is -2.21. The minimum absolute atomic E-state index is 0.121. The van der Waals surface area contributed by atoms with Crippen molar-refractivity contribution >= 4 is 21.6 Å². The predicted octanol–water partition coefficient (Wildman–Crippen LogP) is 2.65. The van der Waals surface area contributed by atoms with Crippen LogP contribution in [-0.2, 0) is 10.0 Å². The van der Waals surface area contributed by atoms with Gasteiger partial charge in [-0.2, -0.15) is 9.57 Å². The van der Waals surface area contributed by atoms with Crippen molar-refractivity contribution in [1.29, 1.82) is 5.26 Å². The van der Waals surface area contributed by atoms with Crippen LogP contribution >= 0.6 is 11.6 Å². The van der Waals surface area contributed by atoms with E-state index in [1.807, 2.05) is 6.07 Å². The summed E-state index contributed by atoms with van der Waals surface area (Å²) in [6.07, 6.45) is 2.30. The number of halogens is 1. The minimum atomic E-state index is -3.61. The van der Waals surface area contributed by atoms with E-state index in [2.05, 4.69) is 0 Å². The zero-order chi connectivity index (χ0) is 13.9. The van der Waals surface area contributed by atoms with Crippen LogP contribution < -0.4 is 0 Å². The summed E-state index contributed by atoms with van der Waals surface area (Å²) in [4.78, 5) is 0.121. The van der Waals surface area contributed by atoms with Crippen LogP contribution in [0.1, 0.15) is 19.3 Å². The van der Waals surface area contributed by atoms with Gasteiger partial charge < -0.3 is 0 Å².